The van der Waals surface area contributed by atoms with E-state index in [2.05, 4.69) is 23.2 Å². The highest BCUT2D eigenvalue weighted by molar-refractivity contribution is 5.89. The Kier molecular flexibility index (Phi) is 1.53. The van der Waals surface area contributed by atoms with E-state index >= 15 is 0 Å². The van der Waals surface area contributed by atoms with Crippen molar-refractivity contribution in [1.29, 1.82) is 0 Å². The molecule has 1 aliphatic rings. The lowest BCUT2D eigenvalue weighted by Gasteiger charge is -2.12. The maximum atomic E-state index is 5.48. The summed E-state index contributed by atoms with van der Waals surface area (Å²) >= 11 is 0. The van der Waals surface area contributed by atoms with Crippen molar-refractivity contribution in [3.63, 3.8) is 0 Å². The molecular weight excluding hydrogens is 174 g/mol. The zero-order valence-corrected chi connectivity index (χ0v) is 7.60. The number of hydrogen-bond donors (Lipinski definition) is 0. The summed E-state index contributed by atoms with van der Waals surface area (Å²) in [5.41, 5.74) is 0.926. The molecule has 0 atom stereocenters. The van der Waals surface area contributed by atoms with Gasteiger partial charge in [0.05, 0.1) is 0 Å². The van der Waals surface area contributed by atoms with Gasteiger partial charge < -0.3 is 4.74 Å². The number of aliphatic imine (C=N–C) groups is 1. The number of ether oxygens (including phenoxy) is 1. The molecule has 0 bridgehead atoms. The first-order valence-corrected chi connectivity index (χ1v) is 4.61. The number of nitrogens with zero attached hydrogens (tertiary/aromatic N) is 1. The van der Waals surface area contributed by atoms with Crippen molar-refractivity contribution in [3.05, 3.63) is 36.4 Å². The molecule has 14 heavy (non-hydrogen) atoms. The third kappa shape index (κ3) is 1.08. The van der Waals surface area contributed by atoms with Crippen LogP contribution in [-0.2, 0) is 0 Å². The largest absolute Gasteiger partial charge is 0.486 e. The highest BCUT2D eigenvalue weighted by atomic mass is 16.5. The van der Waals surface area contributed by atoms with Crippen LogP contribution < -0.4 is 4.74 Å². The van der Waals surface area contributed by atoms with Crippen molar-refractivity contribution >= 4 is 22.7 Å². The third-order valence-corrected chi connectivity index (χ3v) is 2.37. The van der Waals surface area contributed by atoms with E-state index in [9.17, 15) is 0 Å². The highest BCUT2D eigenvalue weighted by Gasteiger charge is 2.07. The molecule has 0 saturated heterocycles. The Morgan fingerprint density at radius 1 is 1.07 bits per heavy atom. The predicted octanol–water partition coefficient (Wildman–Crippen LogP) is 2.93. The molecule has 0 unspecified atom stereocenters. The summed E-state index contributed by atoms with van der Waals surface area (Å²) in [6.07, 6.45) is 1.79. The Morgan fingerprint density at radius 3 is 2.71 bits per heavy atom. The van der Waals surface area contributed by atoms with E-state index in [1.54, 1.807) is 6.21 Å². The van der Waals surface area contributed by atoms with Crippen molar-refractivity contribution < 1.29 is 4.74 Å². The first-order chi connectivity index (χ1) is 6.93. The molecule has 2 nitrogen and oxygen atoms in total. The second-order valence-corrected chi connectivity index (χ2v) is 3.29. The second-order valence-electron chi connectivity index (χ2n) is 3.29. The van der Waals surface area contributed by atoms with E-state index in [4.69, 9.17) is 4.74 Å². The molecule has 0 saturated carbocycles. The molecule has 0 aromatic heterocycles. The van der Waals surface area contributed by atoms with Crippen LogP contribution in [0.25, 0.3) is 10.8 Å². The molecule has 2 aromatic rings. The standard InChI is InChI=1S/C12H9NO/c1-2-4-10-8-12-11(7-9(10)3-1)13-5-6-14-12/h1-5,7-8H,6H2. The van der Waals surface area contributed by atoms with Gasteiger partial charge >= 0.3 is 0 Å². The van der Waals surface area contributed by atoms with Gasteiger partial charge in [0.1, 0.15) is 18.0 Å². The lowest BCUT2D eigenvalue weighted by molar-refractivity contribution is 0.377. The lowest BCUT2D eigenvalue weighted by Crippen LogP contribution is -2.02. The number of benzene rings is 2. The van der Waals surface area contributed by atoms with Crippen LogP contribution >= 0.6 is 0 Å². The predicted molar refractivity (Wildman–Crippen MR) is 57.6 cm³/mol. The second kappa shape index (κ2) is 2.84. The van der Waals surface area contributed by atoms with Crippen molar-refractivity contribution in [1.82, 2.24) is 0 Å². The van der Waals surface area contributed by atoms with E-state index < -0.39 is 0 Å². The summed E-state index contributed by atoms with van der Waals surface area (Å²) in [4.78, 5) is 4.29. The molecule has 2 aromatic carbocycles. The normalized spacial score (nSPS) is 13.7. The minimum absolute atomic E-state index is 0.575. The van der Waals surface area contributed by atoms with Gasteiger partial charge in [0, 0.05) is 6.21 Å². The maximum absolute atomic E-state index is 5.48. The van der Waals surface area contributed by atoms with Gasteiger partial charge in [-0.3, -0.25) is 4.99 Å². The fourth-order valence-electron chi connectivity index (χ4n) is 1.69. The molecule has 0 aliphatic carbocycles. The van der Waals surface area contributed by atoms with Crippen molar-refractivity contribution in [2.24, 2.45) is 4.99 Å². The highest BCUT2D eigenvalue weighted by Crippen LogP contribution is 2.33. The Morgan fingerprint density at radius 2 is 1.86 bits per heavy atom. The minimum Gasteiger partial charge on any atom is -0.486 e. The van der Waals surface area contributed by atoms with Gasteiger partial charge in [0.2, 0.25) is 0 Å². The van der Waals surface area contributed by atoms with Crippen LogP contribution in [0, 0.1) is 0 Å². The summed E-state index contributed by atoms with van der Waals surface area (Å²) in [6.45, 7) is 0.575. The molecule has 0 amide bonds. The fourth-order valence-corrected chi connectivity index (χ4v) is 1.69. The summed E-state index contributed by atoms with van der Waals surface area (Å²) in [5, 5.41) is 2.40. The summed E-state index contributed by atoms with van der Waals surface area (Å²) in [6, 6.07) is 12.3. The lowest BCUT2D eigenvalue weighted by atomic mass is 10.1. The average molecular weight is 183 g/mol. The maximum Gasteiger partial charge on any atom is 0.146 e. The molecule has 1 aliphatic heterocycles. The quantitative estimate of drug-likeness (QED) is 0.615. The molecule has 68 valence electrons. The van der Waals surface area contributed by atoms with Gasteiger partial charge in [-0.1, -0.05) is 24.3 Å². The summed E-state index contributed by atoms with van der Waals surface area (Å²) in [5.74, 6) is 0.881. The Balaban J connectivity index is 2.34. The molecule has 0 radical (unpaired) electrons. The zero-order valence-electron chi connectivity index (χ0n) is 7.60. The van der Waals surface area contributed by atoms with Gasteiger partial charge in [-0.2, -0.15) is 0 Å². The van der Waals surface area contributed by atoms with E-state index in [1.165, 1.54) is 10.8 Å². The summed E-state index contributed by atoms with van der Waals surface area (Å²) < 4.78 is 5.48. The monoisotopic (exact) mass is 183 g/mol. The van der Waals surface area contributed by atoms with Crippen molar-refractivity contribution in [2.75, 3.05) is 6.61 Å². The SMILES string of the molecule is C1=Nc2cc3ccccc3cc2OC1. The topological polar surface area (TPSA) is 21.6 Å². The number of rotatable bonds is 0. The van der Waals surface area contributed by atoms with Gasteiger partial charge in [0.25, 0.3) is 0 Å². The van der Waals surface area contributed by atoms with E-state index in [1.807, 2.05) is 18.2 Å². The first-order valence-electron chi connectivity index (χ1n) is 4.61. The molecule has 3 rings (SSSR count). The van der Waals surface area contributed by atoms with Gasteiger partial charge in [-0.25, -0.2) is 0 Å². The Bertz CT molecular complexity index is 517. The third-order valence-electron chi connectivity index (χ3n) is 2.37. The van der Waals surface area contributed by atoms with E-state index in [0.29, 0.717) is 6.61 Å². The van der Waals surface area contributed by atoms with E-state index in [-0.39, 0.29) is 0 Å². The fraction of sp³-hybridized carbons (Fsp3) is 0.0833. The molecule has 1 heterocycles. The molecule has 0 N–H and O–H groups in total. The molecule has 2 heteroatoms. The average Bonchev–Trinajstić information content (AvgIpc) is 2.26. The van der Waals surface area contributed by atoms with Crippen LogP contribution in [0.15, 0.2) is 41.4 Å². The van der Waals surface area contributed by atoms with Gasteiger partial charge in [0.15, 0.2) is 0 Å². The van der Waals surface area contributed by atoms with Crippen LogP contribution in [0.2, 0.25) is 0 Å². The van der Waals surface area contributed by atoms with Gasteiger partial charge in [-0.05, 0) is 22.9 Å². The molecule has 0 fully saturated rings. The van der Waals surface area contributed by atoms with Crippen LogP contribution in [0.5, 0.6) is 5.75 Å². The van der Waals surface area contributed by atoms with Crippen molar-refractivity contribution in [3.8, 4) is 5.75 Å². The van der Waals surface area contributed by atoms with Crippen LogP contribution in [-0.4, -0.2) is 12.8 Å². The van der Waals surface area contributed by atoms with Crippen LogP contribution in [0.4, 0.5) is 5.69 Å². The first kappa shape index (κ1) is 7.56. The summed E-state index contributed by atoms with van der Waals surface area (Å²) in [7, 11) is 0. The smallest absolute Gasteiger partial charge is 0.146 e. The molecular formula is C12H9NO. The zero-order chi connectivity index (χ0) is 9.38. The van der Waals surface area contributed by atoms with Gasteiger partial charge in [-0.15, -0.1) is 0 Å². The number of hydrogen-bond acceptors (Lipinski definition) is 2. The Hall–Kier alpha value is -1.83. The minimum atomic E-state index is 0.575. The van der Waals surface area contributed by atoms with Crippen molar-refractivity contribution in [2.45, 2.75) is 0 Å². The van der Waals surface area contributed by atoms with Crippen LogP contribution in [0.1, 0.15) is 0 Å². The van der Waals surface area contributed by atoms with Crippen LogP contribution in [0.3, 0.4) is 0 Å². The number of fused-ring (bicyclic) bond motifs is 2. The Labute approximate surface area is 81.8 Å². The molecule has 0 spiro atoms. The van der Waals surface area contributed by atoms with E-state index in [0.717, 1.165) is 11.4 Å².